The Morgan fingerprint density at radius 3 is 2.69 bits per heavy atom. The van der Waals surface area contributed by atoms with Crippen LogP contribution in [0.2, 0.25) is 5.02 Å². The molecule has 0 fully saturated rings. The molecule has 0 aromatic heterocycles. The van der Waals surface area contributed by atoms with Gasteiger partial charge >= 0.3 is 0 Å². The van der Waals surface area contributed by atoms with Crippen molar-refractivity contribution in [3.05, 3.63) is 34.3 Å². The molecule has 72 valence electrons. The van der Waals surface area contributed by atoms with Crippen molar-refractivity contribution in [2.24, 2.45) is 5.73 Å². The maximum absolute atomic E-state index is 8.84. The zero-order valence-corrected chi connectivity index (χ0v) is 8.38. The highest BCUT2D eigenvalue weighted by atomic mass is 35.5. The highest BCUT2D eigenvalue weighted by Gasteiger charge is 2.06. The van der Waals surface area contributed by atoms with E-state index >= 15 is 0 Å². The molecule has 0 bridgehead atoms. The van der Waals surface area contributed by atoms with Gasteiger partial charge in [-0.2, -0.15) is 0 Å². The average molecular weight is 200 g/mol. The van der Waals surface area contributed by atoms with Gasteiger partial charge in [-0.15, -0.1) is 0 Å². The summed E-state index contributed by atoms with van der Waals surface area (Å²) in [4.78, 5) is 0. The first-order valence-electron chi connectivity index (χ1n) is 4.33. The van der Waals surface area contributed by atoms with Crippen LogP contribution in [0, 0.1) is 0 Å². The Balaban J connectivity index is 2.95. The highest BCUT2D eigenvalue weighted by Crippen LogP contribution is 2.21. The predicted octanol–water partition coefficient (Wildman–Crippen LogP) is 1.89. The number of aliphatic hydroxyl groups excluding tert-OH is 1. The molecule has 0 saturated heterocycles. The molecule has 1 aromatic carbocycles. The van der Waals surface area contributed by atoms with Crippen molar-refractivity contribution in [1.29, 1.82) is 0 Å². The second-order valence-corrected chi connectivity index (χ2v) is 3.40. The summed E-state index contributed by atoms with van der Waals surface area (Å²) in [5, 5.41) is 9.56. The van der Waals surface area contributed by atoms with Gasteiger partial charge in [-0.05, 0) is 23.6 Å². The molecule has 0 amide bonds. The molecule has 1 unspecified atom stereocenters. The molecule has 1 rings (SSSR count). The lowest BCUT2D eigenvalue weighted by Crippen LogP contribution is -2.14. The minimum atomic E-state index is -0.330. The second kappa shape index (κ2) is 4.61. The standard InChI is InChI=1S/C10H14ClNO/c1-2-7-3-4-8(5-9(7)11)10(12)6-13/h3-5,10,13H,2,6,12H2,1H3. The van der Waals surface area contributed by atoms with Crippen LogP contribution in [0.1, 0.15) is 24.1 Å². The fraction of sp³-hybridized carbons (Fsp3) is 0.400. The predicted molar refractivity (Wildman–Crippen MR) is 54.8 cm³/mol. The molecule has 0 aliphatic rings. The summed E-state index contributed by atoms with van der Waals surface area (Å²) in [5.41, 5.74) is 7.63. The van der Waals surface area contributed by atoms with Crippen molar-refractivity contribution in [2.45, 2.75) is 19.4 Å². The fourth-order valence-corrected chi connectivity index (χ4v) is 1.51. The number of halogens is 1. The number of hydrogen-bond acceptors (Lipinski definition) is 2. The van der Waals surface area contributed by atoms with Gasteiger partial charge in [0.15, 0.2) is 0 Å². The number of rotatable bonds is 3. The van der Waals surface area contributed by atoms with E-state index in [1.165, 1.54) is 0 Å². The van der Waals surface area contributed by atoms with Crippen LogP contribution in [0.15, 0.2) is 18.2 Å². The van der Waals surface area contributed by atoms with E-state index in [2.05, 4.69) is 0 Å². The van der Waals surface area contributed by atoms with Crippen LogP contribution in [0.5, 0.6) is 0 Å². The topological polar surface area (TPSA) is 46.2 Å². The highest BCUT2D eigenvalue weighted by molar-refractivity contribution is 6.31. The summed E-state index contributed by atoms with van der Waals surface area (Å²) in [6.45, 7) is 1.99. The van der Waals surface area contributed by atoms with Crippen LogP contribution in [0.25, 0.3) is 0 Å². The molecule has 13 heavy (non-hydrogen) atoms. The first kappa shape index (κ1) is 10.5. The van der Waals surface area contributed by atoms with Crippen LogP contribution in [0.4, 0.5) is 0 Å². The Morgan fingerprint density at radius 2 is 2.23 bits per heavy atom. The van der Waals surface area contributed by atoms with E-state index < -0.39 is 0 Å². The maximum Gasteiger partial charge on any atom is 0.0624 e. The first-order chi connectivity index (χ1) is 6.19. The number of hydrogen-bond donors (Lipinski definition) is 2. The fourth-order valence-electron chi connectivity index (χ4n) is 1.19. The Morgan fingerprint density at radius 1 is 1.54 bits per heavy atom. The van der Waals surface area contributed by atoms with E-state index in [9.17, 15) is 0 Å². The third-order valence-corrected chi connectivity index (χ3v) is 2.43. The Labute approximate surface area is 83.3 Å². The van der Waals surface area contributed by atoms with Crippen LogP contribution < -0.4 is 5.73 Å². The summed E-state index contributed by atoms with van der Waals surface area (Å²) >= 11 is 5.99. The molecule has 0 radical (unpaired) electrons. The van der Waals surface area contributed by atoms with Gasteiger partial charge in [0, 0.05) is 5.02 Å². The van der Waals surface area contributed by atoms with E-state index in [1.807, 2.05) is 25.1 Å². The van der Waals surface area contributed by atoms with Crippen molar-refractivity contribution in [2.75, 3.05) is 6.61 Å². The normalized spacial score (nSPS) is 12.9. The van der Waals surface area contributed by atoms with Gasteiger partial charge in [0.05, 0.1) is 12.6 Å². The molecule has 0 aliphatic heterocycles. The Kier molecular flexibility index (Phi) is 3.72. The van der Waals surface area contributed by atoms with Gasteiger partial charge in [-0.1, -0.05) is 30.7 Å². The van der Waals surface area contributed by atoms with E-state index in [0.717, 1.165) is 22.6 Å². The molecule has 3 N–H and O–H groups in total. The molecular formula is C10H14ClNO. The third-order valence-electron chi connectivity index (χ3n) is 2.08. The van der Waals surface area contributed by atoms with E-state index in [-0.39, 0.29) is 12.6 Å². The van der Waals surface area contributed by atoms with Gasteiger partial charge in [0.25, 0.3) is 0 Å². The zero-order valence-electron chi connectivity index (χ0n) is 7.63. The van der Waals surface area contributed by atoms with Gasteiger partial charge < -0.3 is 10.8 Å². The summed E-state index contributed by atoms with van der Waals surface area (Å²) in [7, 11) is 0. The van der Waals surface area contributed by atoms with Crippen molar-refractivity contribution in [3.8, 4) is 0 Å². The molecule has 3 heteroatoms. The summed E-state index contributed by atoms with van der Waals surface area (Å²) in [6, 6.07) is 5.35. The Bertz CT molecular complexity index is 288. The average Bonchev–Trinajstić information content (AvgIpc) is 2.16. The van der Waals surface area contributed by atoms with E-state index in [4.69, 9.17) is 22.4 Å². The monoisotopic (exact) mass is 199 g/mol. The lowest BCUT2D eigenvalue weighted by Gasteiger charge is -2.10. The molecule has 0 heterocycles. The van der Waals surface area contributed by atoms with Crippen molar-refractivity contribution < 1.29 is 5.11 Å². The van der Waals surface area contributed by atoms with E-state index in [1.54, 1.807) is 0 Å². The second-order valence-electron chi connectivity index (χ2n) is 2.99. The molecule has 2 nitrogen and oxygen atoms in total. The lowest BCUT2D eigenvalue weighted by molar-refractivity contribution is 0.268. The van der Waals surface area contributed by atoms with Gasteiger partial charge in [-0.3, -0.25) is 0 Å². The molecule has 0 saturated carbocycles. The SMILES string of the molecule is CCc1ccc(C(N)CO)cc1Cl. The van der Waals surface area contributed by atoms with Crippen molar-refractivity contribution in [1.82, 2.24) is 0 Å². The molecule has 0 aliphatic carbocycles. The van der Waals surface area contributed by atoms with Crippen LogP contribution in [-0.2, 0) is 6.42 Å². The molecule has 1 atom stereocenters. The minimum absolute atomic E-state index is 0.0538. The summed E-state index contributed by atoms with van der Waals surface area (Å²) in [6.07, 6.45) is 0.910. The maximum atomic E-state index is 8.84. The van der Waals surface area contributed by atoms with E-state index in [0.29, 0.717) is 0 Å². The molecule has 1 aromatic rings. The zero-order chi connectivity index (χ0) is 9.84. The number of aliphatic hydroxyl groups is 1. The lowest BCUT2D eigenvalue weighted by atomic mass is 10.0. The van der Waals surface area contributed by atoms with Crippen molar-refractivity contribution >= 4 is 11.6 Å². The van der Waals surface area contributed by atoms with Gasteiger partial charge in [0.1, 0.15) is 0 Å². The van der Waals surface area contributed by atoms with Crippen LogP contribution in [-0.4, -0.2) is 11.7 Å². The smallest absolute Gasteiger partial charge is 0.0624 e. The van der Waals surface area contributed by atoms with Crippen LogP contribution >= 0.6 is 11.6 Å². The first-order valence-corrected chi connectivity index (χ1v) is 4.71. The Hall–Kier alpha value is -0.570. The molecule has 0 spiro atoms. The quantitative estimate of drug-likeness (QED) is 0.781. The molecular weight excluding hydrogens is 186 g/mol. The number of nitrogens with two attached hydrogens (primary N) is 1. The van der Waals surface area contributed by atoms with Crippen molar-refractivity contribution in [3.63, 3.8) is 0 Å². The summed E-state index contributed by atoms with van der Waals surface area (Å²) in [5.74, 6) is 0. The third kappa shape index (κ3) is 2.44. The number of aryl methyl sites for hydroxylation is 1. The summed E-state index contributed by atoms with van der Waals surface area (Å²) < 4.78 is 0. The van der Waals surface area contributed by atoms with Crippen LogP contribution in [0.3, 0.4) is 0 Å². The largest absolute Gasteiger partial charge is 0.394 e. The van der Waals surface area contributed by atoms with Gasteiger partial charge in [-0.25, -0.2) is 0 Å². The number of benzene rings is 1. The van der Waals surface area contributed by atoms with Gasteiger partial charge in [0.2, 0.25) is 0 Å². The minimum Gasteiger partial charge on any atom is -0.394 e.